The minimum absolute atomic E-state index is 0.293. The maximum absolute atomic E-state index is 4.58. The molecule has 0 N–H and O–H groups in total. The number of rotatable bonds is 1. The van der Waals surface area contributed by atoms with Gasteiger partial charge in [-0.25, -0.2) is 0 Å². The van der Waals surface area contributed by atoms with Crippen molar-refractivity contribution in [3.8, 4) is 0 Å². The predicted molar refractivity (Wildman–Crippen MR) is 65.6 cm³/mol. The van der Waals surface area contributed by atoms with Gasteiger partial charge in [-0.2, -0.15) is 0 Å². The van der Waals surface area contributed by atoms with Crippen LogP contribution in [0.5, 0.6) is 0 Å². The Morgan fingerprint density at radius 2 is 1.87 bits per heavy atom. The summed E-state index contributed by atoms with van der Waals surface area (Å²) >= 11 is 0. The number of aliphatic imine (C=N–C) groups is 1. The second-order valence-corrected chi connectivity index (χ2v) is 5.21. The molecule has 0 fully saturated rings. The minimum Gasteiger partial charge on any atom is -0.294 e. The molecule has 1 aliphatic rings. The molecule has 0 radical (unpaired) electrons. The van der Waals surface area contributed by atoms with Crippen molar-refractivity contribution in [1.29, 1.82) is 0 Å². The molecule has 1 aromatic rings. The monoisotopic (exact) mass is 201 g/mol. The summed E-state index contributed by atoms with van der Waals surface area (Å²) in [5.74, 6) is 0.621. The average Bonchev–Trinajstić information content (AvgIpc) is 2.23. The first-order chi connectivity index (χ1) is 7.09. The van der Waals surface area contributed by atoms with Gasteiger partial charge in [0.15, 0.2) is 0 Å². The fourth-order valence-electron chi connectivity index (χ4n) is 2.34. The van der Waals surface area contributed by atoms with Crippen molar-refractivity contribution in [3.05, 3.63) is 35.9 Å². The summed E-state index contributed by atoms with van der Waals surface area (Å²) in [7, 11) is 0. The zero-order valence-electron chi connectivity index (χ0n) is 9.83. The number of hydrogen-bond acceptors (Lipinski definition) is 1. The second kappa shape index (κ2) is 3.80. The third-order valence-electron chi connectivity index (χ3n) is 3.40. The van der Waals surface area contributed by atoms with Crippen LogP contribution in [0.15, 0.2) is 35.3 Å². The summed E-state index contributed by atoms with van der Waals surface area (Å²) in [6.07, 6.45) is 1.11. The highest BCUT2D eigenvalue weighted by molar-refractivity contribution is 5.83. The van der Waals surface area contributed by atoms with E-state index in [0.29, 0.717) is 11.3 Å². The standard InChI is InChI=1S/C14H19N/c1-11-9-13(14(2,3)10-15-11)12-7-5-4-6-8-12/h4-8,13H,9-10H2,1-3H3. The van der Waals surface area contributed by atoms with E-state index < -0.39 is 0 Å². The van der Waals surface area contributed by atoms with E-state index in [2.05, 4.69) is 56.1 Å². The van der Waals surface area contributed by atoms with Crippen molar-refractivity contribution >= 4 is 5.71 Å². The molecule has 0 saturated heterocycles. The van der Waals surface area contributed by atoms with Crippen LogP contribution in [0.3, 0.4) is 0 Å². The quantitative estimate of drug-likeness (QED) is 0.657. The Hall–Kier alpha value is -1.11. The zero-order valence-corrected chi connectivity index (χ0v) is 9.83. The molecule has 1 atom stereocenters. The molecule has 15 heavy (non-hydrogen) atoms. The van der Waals surface area contributed by atoms with Crippen LogP contribution >= 0.6 is 0 Å². The van der Waals surface area contributed by atoms with Gasteiger partial charge in [0, 0.05) is 12.3 Å². The third-order valence-corrected chi connectivity index (χ3v) is 3.40. The van der Waals surface area contributed by atoms with Crippen molar-refractivity contribution in [2.45, 2.75) is 33.1 Å². The molecule has 0 bridgehead atoms. The lowest BCUT2D eigenvalue weighted by Crippen LogP contribution is -2.31. The summed E-state index contributed by atoms with van der Waals surface area (Å²) in [4.78, 5) is 4.58. The molecule has 0 aromatic heterocycles. The molecule has 2 rings (SSSR count). The summed E-state index contributed by atoms with van der Waals surface area (Å²) in [5.41, 5.74) is 3.04. The van der Waals surface area contributed by atoms with Gasteiger partial charge in [-0.3, -0.25) is 4.99 Å². The molecule has 80 valence electrons. The van der Waals surface area contributed by atoms with E-state index in [0.717, 1.165) is 13.0 Å². The van der Waals surface area contributed by atoms with Crippen LogP contribution in [0.4, 0.5) is 0 Å². The van der Waals surface area contributed by atoms with E-state index in [1.165, 1.54) is 11.3 Å². The van der Waals surface area contributed by atoms with Crippen molar-refractivity contribution in [1.82, 2.24) is 0 Å². The Bertz CT molecular complexity index is 362. The molecule has 1 nitrogen and oxygen atoms in total. The van der Waals surface area contributed by atoms with Crippen LogP contribution in [0, 0.1) is 5.41 Å². The minimum atomic E-state index is 0.293. The van der Waals surface area contributed by atoms with E-state index >= 15 is 0 Å². The predicted octanol–water partition coefficient (Wildman–Crippen LogP) is 3.66. The van der Waals surface area contributed by atoms with Gasteiger partial charge in [-0.05, 0) is 30.2 Å². The molecule has 1 aromatic carbocycles. The maximum atomic E-state index is 4.58. The smallest absolute Gasteiger partial charge is 0.0445 e. The van der Waals surface area contributed by atoms with Crippen molar-refractivity contribution < 1.29 is 0 Å². The topological polar surface area (TPSA) is 12.4 Å². The molecule has 1 unspecified atom stereocenters. The SMILES string of the molecule is CC1=NCC(C)(C)C(c2ccccc2)C1. The van der Waals surface area contributed by atoms with Crippen molar-refractivity contribution in [2.24, 2.45) is 10.4 Å². The summed E-state index contributed by atoms with van der Waals surface area (Å²) in [6.45, 7) is 7.74. The Balaban J connectivity index is 2.32. The van der Waals surface area contributed by atoms with E-state index in [9.17, 15) is 0 Å². The van der Waals surface area contributed by atoms with Gasteiger partial charge in [-0.1, -0.05) is 44.2 Å². The maximum Gasteiger partial charge on any atom is 0.0445 e. The summed E-state index contributed by atoms with van der Waals surface area (Å²) in [5, 5.41) is 0. The van der Waals surface area contributed by atoms with Gasteiger partial charge in [0.05, 0.1) is 0 Å². The van der Waals surface area contributed by atoms with Crippen LogP contribution in [-0.4, -0.2) is 12.3 Å². The van der Waals surface area contributed by atoms with Gasteiger partial charge >= 0.3 is 0 Å². The van der Waals surface area contributed by atoms with Crippen LogP contribution in [0.1, 0.15) is 38.7 Å². The molecule has 1 heterocycles. The van der Waals surface area contributed by atoms with Crippen molar-refractivity contribution in [3.63, 3.8) is 0 Å². The van der Waals surface area contributed by atoms with E-state index in [1.54, 1.807) is 0 Å². The fourth-order valence-corrected chi connectivity index (χ4v) is 2.34. The molecule has 0 saturated carbocycles. The molecule has 1 heteroatoms. The lowest BCUT2D eigenvalue weighted by atomic mass is 9.71. The summed E-state index contributed by atoms with van der Waals surface area (Å²) < 4.78 is 0. The summed E-state index contributed by atoms with van der Waals surface area (Å²) in [6, 6.07) is 10.8. The average molecular weight is 201 g/mol. The molecule has 0 spiro atoms. The van der Waals surface area contributed by atoms with E-state index in [-0.39, 0.29) is 0 Å². The fraction of sp³-hybridized carbons (Fsp3) is 0.500. The number of nitrogens with zero attached hydrogens (tertiary/aromatic N) is 1. The highest BCUT2D eigenvalue weighted by Crippen LogP contribution is 2.41. The Morgan fingerprint density at radius 1 is 1.20 bits per heavy atom. The van der Waals surface area contributed by atoms with Gasteiger partial charge in [0.1, 0.15) is 0 Å². The van der Waals surface area contributed by atoms with Crippen LogP contribution < -0.4 is 0 Å². The Kier molecular flexibility index (Phi) is 2.64. The highest BCUT2D eigenvalue weighted by atomic mass is 14.8. The highest BCUT2D eigenvalue weighted by Gasteiger charge is 2.33. The first-order valence-electron chi connectivity index (χ1n) is 5.64. The van der Waals surface area contributed by atoms with Crippen LogP contribution in [0.2, 0.25) is 0 Å². The number of benzene rings is 1. The lowest BCUT2D eigenvalue weighted by molar-refractivity contribution is 0.289. The lowest BCUT2D eigenvalue weighted by Gasteiger charge is -2.37. The normalized spacial score (nSPS) is 24.7. The molecule has 0 aliphatic carbocycles. The largest absolute Gasteiger partial charge is 0.294 e. The van der Waals surface area contributed by atoms with E-state index in [1.807, 2.05) is 0 Å². The van der Waals surface area contributed by atoms with Gasteiger partial charge in [0.2, 0.25) is 0 Å². The van der Waals surface area contributed by atoms with Gasteiger partial charge < -0.3 is 0 Å². The number of hydrogen-bond donors (Lipinski definition) is 0. The van der Waals surface area contributed by atoms with Crippen LogP contribution in [-0.2, 0) is 0 Å². The first kappa shape index (κ1) is 10.4. The second-order valence-electron chi connectivity index (χ2n) is 5.21. The third kappa shape index (κ3) is 2.11. The van der Waals surface area contributed by atoms with Crippen molar-refractivity contribution in [2.75, 3.05) is 6.54 Å². The first-order valence-corrected chi connectivity index (χ1v) is 5.64. The Morgan fingerprint density at radius 3 is 2.53 bits per heavy atom. The molecule has 0 amide bonds. The van der Waals surface area contributed by atoms with Gasteiger partial charge in [0.25, 0.3) is 0 Å². The zero-order chi connectivity index (χ0) is 10.9. The Labute approximate surface area is 92.2 Å². The molecular formula is C14H19N. The van der Waals surface area contributed by atoms with E-state index in [4.69, 9.17) is 0 Å². The molecule has 1 aliphatic heterocycles. The molecular weight excluding hydrogens is 182 g/mol. The van der Waals surface area contributed by atoms with Gasteiger partial charge in [-0.15, -0.1) is 0 Å². The van der Waals surface area contributed by atoms with Crippen LogP contribution in [0.25, 0.3) is 0 Å².